The predicted octanol–water partition coefficient (Wildman–Crippen LogP) is 8.13. The van der Waals surface area contributed by atoms with Crippen LogP contribution in [-0.2, 0) is 27.3 Å². The summed E-state index contributed by atoms with van der Waals surface area (Å²) >= 11 is 8.27. The molecule has 0 spiro atoms. The highest BCUT2D eigenvalue weighted by atomic mass is 35.5. The summed E-state index contributed by atoms with van der Waals surface area (Å²) in [5, 5.41) is 10.8. The third-order valence-electron chi connectivity index (χ3n) is 6.46. The normalized spacial score (nSPS) is 13.0. The monoisotopic (exact) mass is 556 g/mol. The van der Waals surface area contributed by atoms with Crippen LogP contribution in [0, 0.1) is 11.3 Å². The van der Waals surface area contributed by atoms with E-state index in [0.717, 1.165) is 26.7 Å². The van der Waals surface area contributed by atoms with Crippen molar-refractivity contribution in [3.63, 3.8) is 0 Å². The SMILES string of the molecule is COC(OC)C(CCCc1ccc(Sc2cccc(OCc3ccccc3)c2)cc1Cl)(CC(C)C)C(=O)O. The Kier molecular flexibility index (Phi) is 11.5. The van der Waals surface area contributed by atoms with E-state index in [2.05, 4.69) is 6.07 Å². The summed E-state index contributed by atoms with van der Waals surface area (Å²) in [4.78, 5) is 14.5. The van der Waals surface area contributed by atoms with E-state index in [1.807, 2.05) is 80.6 Å². The number of benzene rings is 3. The lowest BCUT2D eigenvalue weighted by atomic mass is 9.75. The van der Waals surface area contributed by atoms with Crippen molar-refractivity contribution in [1.29, 1.82) is 0 Å². The molecule has 0 aliphatic heterocycles. The molecular formula is C31H37ClO5S. The Bertz CT molecular complexity index is 1170. The van der Waals surface area contributed by atoms with E-state index in [1.165, 1.54) is 14.2 Å². The molecule has 0 amide bonds. The number of carboxylic acids is 1. The van der Waals surface area contributed by atoms with Crippen LogP contribution in [0.1, 0.15) is 44.2 Å². The summed E-state index contributed by atoms with van der Waals surface area (Å²) in [6.45, 7) is 4.54. The number of carbonyl (C=O) groups is 1. The van der Waals surface area contributed by atoms with Gasteiger partial charge in [0.05, 0.1) is 0 Å². The molecule has 3 aromatic carbocycles. The van der Waals surface area contributed by atoms with Crippen LogP contribution in [0.5, 0.6) is 5.75 Å². The summed E-state index contributed by atoms with van der Waals surface area (Å²) in [6.07, 6.45) is 1.39. The maximum absolute atomic E-state index is 12.4. The van der Waals surface area contributed by atoms with Crippen LogP contribution in [-0.4, -0.2) is 31.6 Å². The summed E-state index contributed by atoms with van der Waals surface area (Å²) < 4.78 is 16.8. The third-order valence-corrected chi connectivity index (χ3v) is 7.79. The minimum atomic E-state index is -1.12. The van der Waals surface area contributed by atoms with Gasteiger partial charge >= 0.3 is 5.97 Å². The van der Waals surface area contributed by atoms with Crippen molar-refractivity contribution in [2.24, 2.45) is 11.3 Å². The van der Waals surface area contributed by atoms with E-state index in [1.54, 1.807) is 11.8 Å². The number of halogens is 1. The fraction of sp³-hybridized carbons (Fsp3) is 0.387. The molecule has 1 unspecified atom stereocenters. The van der Waals surface area contributed by atoms with Crippen LogP contribution in [0.3, 0.4) is 0 Å². The molecule has 0 fully saturated rings. The number of rotatable bonds is 15. The number of aliphatic carboxylic acids is 1. The van der Waals surface area contributed by atoms with Gasteiger partial charge in [-0.3, -0.25) is 4.79 Å². The van der Waals surface area contributed by atoms with E-state index in [0.29, 0.717) is 37.3 Å². The number of aryl methyl sites for hydroxylation is 1. The molecule has 1 atom stereocenters. The van der Waals surface area contributed by atoms with Crippen LogP contribution in [0.25, 0.3) is 0 Å². The highest BCUT2D eigenvalue weighted by Gasteiger charge is 2.46. The van der Waals surface area contributed by atoms with E-state index < -0.39 is 17.7 Å². The minimum absolute atomic E-state index is 0.182. The van der Waals surface area contributed by atoms with Gasteiger partial charge in [-0.25, -0.2) is 0 Å². The van der Waals surface area contributed by atoms with E-state index in [4.69, 9.17) is 25.8 Å². The first-order valence-electron chi connectivity index (χ1n) is 12.8. The average Bonchev–Trinajstić information content (AvgIpc) is 2.89. The van der Waals surface area contributed by atoms with Gasteiger partial charge < -0.3 is 19.3 Å². The van der Waals surface area contributed by atoms with Crippen LogP contribution in [0.4, 0.5) is 0 Å². The van der Waals surface area contributed by atoms with Crippen LogP contribution >= 0.6 is 23.4 Å². The van der Waals surface area contributed by atoms with Gasteiger partial charge in [-0.2, -0.15) is 0 Å². The van der Waals surface area contributed by atoms with Crippen molar-refractivity contribution in [2.45, 2.75) is 62.2 Å². The Labute approximate surface area is 235 Å². The standard InChI is InChI=1S/C31H37ClO5S/c1-22(2)20-31(29(33)34,30(35-3)36-4)17-9-12-24-15-16-27(19-28(24)32)38-26-14-8-13-25(18-26)37-21-23-10-6-5-7-11-23/h5-8,10-11,13-16,18-19,22,30H,9,12,17,20-21H2,1-4H3,(H,33,34). The summed E-state index contributed by atoms with van der Waals surface area (Å²) in [7, 11) is 2.98. The van der Waals surface area contributed by atoms with E-state index >= 15 is 0 Å². The van der Waals surface area contributed by atoms with Gasteiger partial charge in [0.25, 0.3) is 0 Å². The first-order valence-corrected chi connectivity index (χ1v) is 14.0. The Morgan fingerprint density at radius 2 is 1.68 bits per heavy atom. The van der Waals surface area contributed by atoms with Gasteiger partial charge in [0.1, 0.15) is 17.8 Å². The lowest BCUT2D eigenvalue weighted by Gasteiger charge is -2.36. The highest BCUT2D eigenvalue weighted by molar-refractivity contribution is 7.99. The molecule has 0 radical (unpaired) electrons. The van der Waals surface area contributed by atoms with Crippen molar-refractivity contribution < 1.29 is 24.1 Å². The molecule has 0 aliphatic carbocycles. The molecule has 204 valence electrons. The smallest absolute Gasteiger partial charge is 0.314 e. The molecule has 1 N–H and O–H groups in total. The second-order valence-electron chi connectivity index (χ2n) is 9.82. The average molecular weight is 557 g/mol. The Hall–Kier alpha value is -2.51. The number of carboxylic acid groups (broad SMARTS) is 1. The molecule has 3 rings (SSSR count). The maximum atomic E-state index is 12.4. The molecule has 38 heavy (non-hydrogen) atoms. The fourth-order valence-corrected chi connectivity index (χ4v) is 6.03. The molecule has 0 bridgehead atoms. The largest absolute Gasteiger partial charge is 0.489 e. The highest BCUT2D eigenvalue weighted by Crippen LogP contribution is 2.39. The van der Waals surface area contributed by atoms with Crippen molar-refractivity contribution in [3.8, 4) is 5.75 Å². The van der Waals surface area contributed by atoms with Gasteiger partial charge in [0.15, 0.2) is 6.29 Å². The minimum Gasteiger partial charge on any atom is -0.489 e. The van der Waals surface area contributed by atoms with Crippen molar-refractivity contribution in [2.75, 3.05) is 14.2 Å². The molecule has 0 saturated heterocycles. The topological polar surface area (TPSA) is 65.0 Å². The van der Waals surface area contributed by atoms with Crippen molar-refractivity contribution in [3.05, 3.63) is 88.9 Å². The Morgan fingerprint density at radius 3 is 2.32 bits per heavy atom. The molecule has 0 aliphatic rings. The van der Waals surface area contributed by atoms with Crippen molar-refractivity contribution in [1.82, 2.24) is 0 Å². The van der Waals surface area contributed by atoms with Crippen LogP contribution < -0.4 is 4.74 Å². The van der Waals surface area contributed by atoms with Gasteiger partial charge in [-0.15, -0.1) is 0 Å². The number of hydrogen-bond acceptors (Lipinski definition) is 5. The summed E-state index contributed by atoms with van der Waals surface area (Å²) in [5.41, 5.74) is 0.997. The fourth-order valence-electron chi connectivity index (χ4n) is 4.78. The van der Waals surface area contributed by atoms with Gasteiger partial charge in [0, 0.05) is 29.0 Å². The lowest BCUT2D eigenvalue weighted by Crippen LogP contribution is -2.45. The molecule has 5 nitrogen and oxygen atoms in total. The zero-order valence-corrected chi connectivity index (χ0v) is 24.1. The molecular weight excluding hydrogens is 520 g/mol. The van der Waals surface area contributed by atoms with Crippen LogP contribution in [0.15, 0.2) is 82.6 Å². The van der Waals surface area contributed by atoms with E-state index in [-0.39, 0.29) is 5.92 Å². The van der Waals surface area contributed by atoms with Crippen LogP contribution in [0.2, 0.25) is 5.02 Å². The third kappa shape index (κ3) is 8.24. The molecule has 0 heterocycles. The predicted molar refractivity (Wildman–Crippen MR) is 153 cm³/mol. The second-order valence-corrected chi connectivity index (χ2v) is 11.4. The molecule has 0 saturated carbocycles. The molecule has 3 aromatic rings. The Morgan fingerprint density at radius 1 is 0.974 bits per heavy atom. The van der Waals surface area contributed by atoms with E-state index in [9.17, 15) is 9.90 Å². The zero-order chi connectivity index (χ0) is 27.5. The maximum Gasteiger partial charge on any atom is 0.314 e. The number of methoxy groups -OCH3 is 2. The number of hydrogen-bond donors (Lipinski definition) is 1. The zero-order valence-electron chi connectivity index (χ0n) is 22.5. The lowest BCUT2D eigenvalue weighted by molar-refractivity contribution is -0.205. The molecule has 7 heteroatoms. The summed E-state index contributed by atoms with van der Waals surface area (Å²) in [6, 6.07) is 24.1. The van der Waals surface area contributed by atoms with Gasteiger partial charge in [0.2, 0.25) is 0 Å². The van der Waals surface area contributed by atoms with Crippen molar-refractivity contribution >= 4 is 29.3 Å². The Balaban J connectivity index is 1.63. The first-order chi connectivity index (χ1) is 18.3. The van der Waals surface area contributed by atoms with Gasteiger partial charge in [-0.05, 0) is 73.1 Å². The first kappa shape index (κ1) is 30.0. The number of ether oxygens (including phenoxy) is 3. The molecule has 0 aromatic heterocycles. The quantitative estimate of drug-likeness (QED) is 0.191. The summed E-state index contributed by atoms with van der Waals surface area (Å²) in [5.74, 6) is 0.101. The van der Waals surface area contributed by atoms with Gasteiger partial charge in [-0.1, -0.05) is 79.7 Å². The second kappa shape index (κ2) is 14.6.